The van der Waals surface area contributed by atoms with Crippen LogP contribution in [0, 0.1) is 0 Å². The third-order valence-corrected chi connectivity index (χ3v) is 2.96. The molecule has 0 spiro atoms. The summed E-state index contributed by atoms with van der Waals surface area (Å²) in [5.41, 5.74) is 1.61. The highest BCUT2D eigenvalue weighted by atomic mass is 16.6. The molecule has 1 rings (SSSR count). The minimum Gasteiger partial charge on any atom is -0.443 e. The van der Waals surface area contributed by atoms with Crippen LogP contribution in [0.3, 0.4) is 0 Å². The molecule has 0 fully saturated rings. The van der Waals surface area contributed by atoms with Gasteiger partial charge in [-0.1, -0.05) is 26.0 Å². The molecule has 4 nitrogen and oxygen atoms in total. The Morgan fingerprint density at radius 1 is 1.24 bits per heavy atom. The number of nitrogens with one attached hydrogen (secondary N) is 1. The Kier molecular flexibility index (Phi) is 6.21. The third-order valence-electron chi connectivity index (χ3n) is 2.96. The van der Waals surface area contributed by atoms with Gasteiger partial charge in [0.05, 0.1) is 0 Å². The van der Waals surface area contributed by atoms with Gasteiger partial charge in [0.25, 0.3) is 0 Å². The summed E-state index contributed by atoms with van der Waals surface area (Å²) in [6.07, 6.45) is 0.644. The first-order valence-electron chi connectivity index (χ1n) is 7.48. The molecule has 1 amide bonds. The van der Waals surface area contributed by atoms with Crippen molar-refractivity contribution < 1.29 is 9.53 Å². The van der Waals surface area contributed by atoms with Crippen LogP contribution in [0.1, 0.15) is 40.2 Å². The Morgan fingerprint density at radius 3 is 2.29 bits per heavy atom. The number of ether oxygens (including phenoxy) is 1. The van der Waals surface area contributed by atoms with Crippen LogP contribution in [0.25, 0.3) is 0 Å². The lowest BCUT2D eigenvalue weighted by Crippen LogP contribution is -2.34. The molecule has 0 unspecified atom stereocenters. The molecule has 0 saturated carbocycles. The highest BCUT2D eigenvalue weighted by Gasteiger charge is 2.20. The van der Waals surface area contributed by atoms with E-state index in [-0.39, 0.29) is 6.09 Å². The summed E-state index contributed by atoms with van der Waals surface area (Å²) in [7, 11) is 1.73. The highest BCUT2D eigenvalue weighted by molar-refractivity contribution is 5.87. The number of anilines is 1. The SMILES string of the molecule is CC(C)NCCc1ccc(N(C)C(=O)OC(C)(C)C)cc1. The number of amides is 1. The van der Waals surface area contributed by atoms with Gasteiger partial charge in [-0.25, -0.2) is 4.79 Å². The molecular weight excluding hydrogens is 264 g/mol. The minimum absolute atomic E-state index is 0.336. The van der Waals surface area contributed by atoms with Crippen molar-refractivity contribution in [3.05, 3.63) is 29.8 Å². The van der Waals surface area contributed by atoms with E-state index in [2.05, 4.69) is 31.3 Å². The molecule has 21 heavy (non-hydrogen) atoms. The lowest BCUT2D eigenvalue weighted by atomic mass is 10.1. The molecule has 0 saturated heterocycles. The fourth-order valence-electron chi connectivity index (χ4n) is 1.83. The molecule has 0 atom stereocenters. The number of rotatable bonds is 5. The van der Waals surface area contributed by atoms with Crippen molar-refractivity contribution in [2.45, 2.75) is 52.7 Å². The van der Waals surface area contributed by atoms with Gasteiger partial charge in [-0.05, 0) is 51.4 Å². The second-order valence-electron chi connectivity index (χ2n) is 6.56. The monoisotopic (exact) mass is 292 g/mol. The van der Waals surface area contributed by atoms with Crippen molar-refractivity contribution >= 4 is 11.8 Å². The number of benzene rings is 1. The van der Waals surface area contributed by atoms with Gasteiger partial charge in [-0.2, -0.15) is 0 Å². The molecule has 0 aliphatic carbocycles. The van der Waals surface area contributed by atoms with E-state index >= 15 is 0 Å². The second kappa shape index (κ2) is 7.46. The molecule has 0 radical (unpaired) electrons. The van der Waals surface area contributed by atoms with E-state index in [0.717, 1.165) is 18.7 Å². The number of hydrogen-bond acceptors (Lipinski definition) is 3. The first-order valence-corrected chi connectivity index (χ1v) is 7.48. The van der Waals surface area contributed by atoms with Crippen LogP contribution < -0.4 is 10.2 Å². The predicted molar refractivity (Wildman–Crippen MR) is 87.9 cm³/mol. The van der Waals surface area contributed by atoms with E-state index in [9.17, 15) is 4.79 Å². The van der Waals surface area contributed by atoms with Crippen molar-refractivity contribution in [1.29, 1.82) is 0 Å². The molecule has 0 aliphatic rings. The van der Waals surface area contributed by atoms with Crippen LogP contribution in [0.2, 0.25) is 0 Å². The number of carbonyl (C=O) groups excluding carboxylic acids is 1. The zero-order valence-electron chi connectivity index (χ0n) is 14.1. The van der Waals surface area contributed by atoms with Gasteiger partial charge in [0.1, 0.15) is 5.60 Å². The molecule has 1 aromatic rings. The Labute approximate surface area is 128 Å². The maximum Gasteiger partial charge on any atom is 0.414 e. The maximum atomic E-state index is 12.0. The highest BCUT2D eigenvalue weighted by Crippen LogP contribution is 2.17. The van der Waals surface area contributed by atoms with Gasteiger partial charge in [0.15, 0.2) is 0 Å². The summed E-state index contributed by atoms with van der Waals surface area (Å²) < 4.78 is 5.35. The summed E-state index contributed by atoms with van der Waals surface area (Å²) >= 11 is 0. The van der Waals surface area contributed by atoms with Crippen molar-refractivity contribution in [3.63, 3.8) is 0 Å². The van der Waals surface area contributed by atoms with Gasteiger partial charge < -0.3 is 10.1 Å². The minimum atomic E-state index is -0.478. The summed E-state index contributed by atoms with van der Waals surface area (Å²) in [6, 6.07) is 8.52. The van der Waals surface area contributed by atoms with Crippen LogP contribution in [-0.4, -0.2) is 31.3 Å². The molecule has 4 heteroatoms. The zero-order valence-corrected chi connectivity index (χ0v) is 14.1. The summed E-state index contributed by atoms with van der Waals surface area (Å²) in [6.45, 7) is 10.8. The second-order valence-corrected chi connectivity index (χ2v) is 6.56. The predicted octanol–water partition coefficient (Wildman–Crippen LogP) is 3.60. The molecule has 1 N–H and O–H groups in total. The van der Waals surface area contributed by atoms with Crippen molar-refractivity contribution in [3.8, 4) is 0 Å². The average Bonchev–Trinajstić information content (AvgIpc) is 2.36. The quantitative estimate of drug-likeness (QED) is 0.901. The van der Waals surface area contributed by atoms with Crippen molar-refractivity contribution in [1.82, 2.24) is 5.32 Å². The standard InChI is InChI=1S/C17H28N2O2/c1-13(2)18-12-11-14-7-9-15(10-8-14)19(6)16(20)21-17(3,4)5/h7-10,13,18H,11-12H2,1-6H3. The lowest BCUT2D eigenvalue weighted by molar-refractivity contribution is 0.0589. The van der Waals surface area contributed by atoms with Gasteiger partial charge in [0.2, 0.25) is 0 Å². The molecule has 0 heterocycles. The third kappa shape index (κ3) is 6.63. The van der Waals surface area contributed by atoms with Gasteiger partial charge in [-0.15, -0.1) is 0 Å². The molecule has 118 valence electrons. The Hall–Kier alpha value is -1.55. The van der Waals surface area contributed by atoms with E-state index in [0.29, 0.717) is 6.04 Å². The van der Waals surface area contributed by atoms with Crippen LogP contribution in [-0.2, 0) is 11.2 Å². The van der Waals surface area contributed by atoms with E-state index in [4.69, 9.17) is 4.74 Å². The van der Waals surface area contributed by atoms with E-state index in [1.165, 1.54) is 10.5 Å². The molecule has 0 aromatic heterocycles. The van der Waals surface area contributed by atoms with E-state index in [1.807, 2.05) is 32.9 Å². The molecule has 0 aliphatic heterocycles. The first kappa shape index (κ1) is 17.5. The zero-order chi connectivity index (χ0) is 16.0. The van der Waals surface area contributed by atoms with Crippen LogP contribution in [0.15, 0.2) is 24.3 Å². The average molecular weight is 292 g/mol. The summed E-state index contributed by atoms with van der Waals surface area (Å²) in [4.78, 5) is 13.5. The molecular formula is C17H28N2O2. The normalized spacial score (nSPS) is 11.6. The Morgan fingerprint density at radius 2 is 1.81 bits per heavy atom. The molecule has 1 aromatic carbocycles. The topological polar surface area (TPSA) is 41.6 Å². The number of nitrogens with zero attached hydrogens (tertiary/aromatic N) is 1. The van der Waals surface area contributed by atoms with Crippen LogP contribution in [0.5, 0.6) is 0 Å². The van der Waals surface area contributed by atoms with Gasteiger partial charge in [-0.3, -0.25) is 4.90 Å². The largest absolute Gasteiger partial charge is 0.443 e. The van der Waals surface area contributed by atoms with Crippen LogP contribution in [0.4, 0.5) is 10.5 Å². The van der Waals surface area contributed by atoms with E-state index in [1.54, 1.807) is 7.05 Å². The summed E-state index contributed by atoms with van der Waals surface area (Å²) in [5, 5.41) is 3.39. The Bertz CT molecular complexity index is 447. The van der Waals surface area contributed by atoms with Crippen molar-refractivity contribution in [2.75, 3.05) is 18.5 Å². The maximum absolute atomic E-state index is 12.0. The lowest BCUT2D eigenvalue weighted by Gasteiger charge is -2.24. The smallest absolute Gasteiger partial charge is 0.414 e. The van der Waals surface area contributed by atoms with Gasteiger partial charge in [0, 0.05) is 18.8 Å². The first-order chi connectivity index (χ1) is 9.69. The molecule has 0 bridgehead atoms. The summed E-state index contributed by atoms with van der Waals surface area (Å²) in [5.74, 6) is 0. The fourth-order valence-corrected chi connectivity index (χ4v) is 1.83. The Balaban J connectivity index is 2.58. The van der Waals surface area contributed by atoms with Gasteiger partial charge >= 0.3 is 6.09 Å². The fraction of sp³-hybridized carbons (Fsp3) is 0.588. The number of hydrogen-bond donors (Lipinski definition) is 1. The van der Waals surface area contributed by atoms with E-state index < -0.39 is 5.60 Å². The van der Waals surface area contributed by atoms with Crippen molar-refractivity contribution in [2.24, 2.45) is 0 Å². The number of carbonyl (C=O) groups is 1. The van der Waals surface area contributed by atoms with Crippen LogP contribution >= 0.6 is 0 Å².